The molecule has 0 saturated heterocycles. The Morgan fingerprint density at radius 1 is 0.967 bits per heavy atom. The van der Waals surface area contributed by atoms with Crippen LogP contribution < -0.4 is 4.90 Å². The van der Waals surface area contributed by atoms with Crippen LogP contribution in [0.1, 0.15) is 11.1 Å². The Morgan fingerprint density at radius 3 is 2.40 bits per heavy atom. The highest BCUT2D eigenvalue weighted by Gasteiger charge is 2.32. The molecule has 3 aromatic carbocycles. The normalized spacial score (nSPS) is 15.0. The standard InChI is InChI=1S/C23H15ClF2N2OS/c24-19-7-4-8-20(26)18(19)14-30-23-27-21(13-15-5-2-1-3-6-15)22(29)28(23)17-11-9-16(25)10-12-17/h1-13H,14H2. The lowest BCUT2D eigenvalue weighted by Crippen LogP contribution is -2.30. The van der Waals surface area contributed by atoms with Gasteiger partial charge in [0.05, 0.1) is 5.69 Å². The molecule has 150 valence electrons. The first-order chi connectivity index (χ1) is 14.5. The maximum atomic E-state index is 14.2. The Labute approximate surface area is 181 Å². The summed E-state index contributed by atoms with van der Waals surface area (Å²) in [5.74, 6) is -0.982. The zero-order valence-corrected chi connectivity index (χ0v) is 17.1. The fourth-order valence-corrected chi connectivity index (χ4v) is 4.28. The summed E-state index contributed by atoms with van der Waals surface area (Å²) in [5.41, 5.74) is 1.88. The van der Waals surface area contributed by atoms with Crippen molar-refractivity contribution in [2.45, 2.75) is 5.75 Å². The van der Waals surface area contributed by atoms with Crippen molar-refractivity contribution in [1.82, 2.24) is 0 Å². The third-order valence-corrected chi connectivity index (χ3v) is 5.74. The van der Waals surface area contributed by atoms with Crippen LogP contribution in [0.4, 0.5) is 14.5 Å². The lowest BCUT2D eigenvalue weighted by Gasteiger charge is -2.18. The first-order valence-corrected chi connectivity index (χ1v) is 10.4. The second kappa shape index (κ2) is 8.81. The lowest BCUT2D eigenvalue weighted by atomic mass is 10.2. The van der Waals surface area contributed by atoms with Crippen LogP contribution in [0.2, 0.25) is 5.02 Å². The number of carbonyl (C=O) groups is 1. The Morgan fingerprint density at radius 2 is 1.70 bits per heavy atom. The number of hydrogen-bond donors (Lipinski definition) is 0. The van der Waals surface area contributed by atoms with E-state index in [1.54, 1.807) is 12.1 Å². The minimum absolute atomic E-state index is 0.188. The number of carbonyl (C=O) groups excluding carboxylic acids is 1. The van der Waals surface area contributed by atoms with Crippen LogP contribution in [0, 0.1) is 11.6 Å². The molecule has 0 atom stereocenters. The van der Waals surface area contributed by atoms with Crippen molar-refractivity contribution in [3.8, 4) is 0 Å². The number of benzene rings is 3. The van der Waals surface area contributed by atoms with E-state index in [-0.39, 0.29) is 17.4 Å². The molecule has 7 heteroatoms. The van der Waals surface area contributed by atoms with Crippen LogP contribution >= 0.6 is 23.4 Å². The van der Waals surface area contributed by atoms with Gasteiger partial charge in [-0.2, -0.15) is 0 Å². The Bertz CT molecular complexity index is 1130. The summed E-state index contributed by atoms with van der Waals surface area (Å²) in [4.78, 5) is 19.0. The molecule has 0 unspecified atom stereocenters. The first-order valence-electron chi connectivity index (χ1n) is 9.04. The number of halogens is 3. The van der Waals surface area contributed by atoms with E-state index in [1.807, 2.05) is 30.3 Å². The molecule has 0 N–H and O–H groups in total. The molecule has 0 bridgehead atoms. The third kappa shape index (κ3) is 4.30. The van der Waals surface area contributed by atoms with E-state index in [0.29, 0.717) is 21.4 Å². The van der Waals surface area contributed by atoms with Crippen molar-refractivity contribution in [3.63, 3.8) is 0 Å². The number of amidine groups is 1. The monoisotopic (exact) mass is 440 g/mol. The Hall–Kier alpha value is -2.96. The van der Waals surface area contributed by atoms with Gasteiger partial charge in [-0.3, -0.25) is 9.69 Å². The number of anilines is 1. The van der Waals surface area contributed by atoms with Crippen molar-refractivity contribution in [2.75, 3.05) is 4.90 Å². The Kier molecular flexibility index (Phi) is 5.97. The highest BCUT2D eigenvalue weighted by Crippen LogP contribution is 2.32. The summed E-state index contributed by atoms with van der Waals surface area (Å²) in [6, 6.07) is 19.4. The molecule has 1 aliphatic rings. The van der Waals surface area contributed by atoms with E-state index < -0.39 is 11.6 Å². The van der Waals surface area contributed by atoms with E-state index in [9.17, 15) is 13.6 Å². The zero-order valence-electron chi connectivity index (χ0n) is 15.6. The molecular weight excluding hydrogens is 426 g/mol. The minimum Gasteiger partial charge on any atom is -0.266 e. The summed E-state index contributed by atoms with van der Waals surface area (Å²) in [5, 5.41) is 0.675. The van der Waals surface area contributed by atoms with Crippen molar-refractivity contribution in [2.24, 2.45) is 4.99 Å². The molecule has 1 amide bonds. The Balaban J connectivity index is 1.69. The third-order valence-electron chi connectivity index (χ3n) is 4.42. The summed E-state index contributed by atoms with van der Waals surface area (Å²) < 4.78 is 27.5. The molecule has 0 aromatic heterocycles. The highest BCUT2D eigenvalue weighted by atomic mass is 35.5. The van der Waals surface area contributed by atoms with Crippen LogP contribution in [-0.4, -0.2) is 11.1 Å². The van der Waals surface area contributed by atoms with Crippen molar-refractivity contribution in [3.05, 3.63) is 106 Å². The fourth-order valence-electron chi connectivity index (χ4n) is 2.93. The van der Waals surface area contributed by atoms with Crippen molar-refractivity contribution < 1.29 is 13.6 Å². The van der Waals surface area contributed by atoms with Gasteiger partial charge in [-0.25, -0.2) is 13.8 Å². The number of amides is 1. The second-order valence-corrected chi connectivity index (χ2v) is 7.79. The zero-order chi connectivity index (χ0) is 21.1. The smallest absolute Gasteiger partial charge is 0.266 e. The number of hydrogen-bond acceptors (Lipinski definition) is 3. The van der Waals surface area contributed by atoms with Crippen molar-refractivity contribution >= 4 is 46.2 Å². The summed E-state index contributed by atoms with van der Waals surface area (Å²) in [7, 11) is 0. The molecule has 0 aliphatic carbocycles. The number of aliphatic imine (C=N–C) groups is 1. The largest absolute Gasteiger partial charge is 0.283 e. The maximum Gasteiger partial charge on any atom is 0.283 e. The van der Waals surface area contributed by atoms with Gasteiger partial charge in [0.25, 0.3) is 5.91 Å². The van der Waals surface area contributed by atoms with Crippen LogP contribution in [-0.2, 0) is 10.5 Å². The van der Waals surface area contributed by atoms with Gasteiger partial charge in [0.15, 0.2) is 5.17 Å². The van der Waals surface area contributed by atoms with Crippen molar-refractivity contribution in [1.29, 1.82) is 0 Å². The number of rotatable bonds is 4. The van der Waals surface area contributed by atoms with E-state index in [1.165, 1.54) is 53.1 Å². The van der Waals surface area contributed by atoms with Gasteiger partial charge in [-0.15, -0.1) is 0 Å². The summed E-state index contributed by atoms with van der Waals surface area (Å²) >= 11 is 7.31. The SMILES string of the molecule is O=C1C(=Cc2ccccc2)N=C(SCc2c(F)cccc2Cl)N1c1ccc(F)cc1. The molecule has 3 nitrogen and oxygen atoms in total. The molecule has 0 saturated carbocycles. The van der Waals surface area contributed by atoms with Gasteiger partial charge >= 0.3 is 0 Å². The van der Waals surface area contributed by atoms with Crippen LogP contribution in [0.15, 0.2) is 83.5 Å². The average Bonchev–Trinajstić information content (AvgIpc) is 3.04. The summed E-state index contributed by atoms with van der Waals surface area (Å²) in [6.45, 7) is 0. The number of nitrogens with zero attached hydrogens (tertiary/aromatic N) is 2. The van der Waals surface area contributed by atoms with Gasteiger partial charge in [0.2, 0.25) is 0 Å². The molecule has 1 heterocycles. The highest BCUT2D eigenvalue weighted by molar-refractivity contribution is 8.13. The predicted molar refractivity (Wildman–Crippen MR) is 118 cm³/mol. The van der Waals surface area contributed by atoms with E-state index in [0.717, 1.165) is 5.56 Å². The molecular formula is C23H15ClF2N2OS. The molecule has 0 spiro atoms. The van der Waals surface area contributed by atoms with Gasteiger partial charge in [0, 0.05) is 16.3 Å². The van der Waals surface area contributed by atoms with Gasteiger partial charge in [-0.05, 0) is 48.0 Å². The van der Waals surface area contributed by atoms with E-state index >= 15 is 0 Å². The van der Waals surface area contributed by atoms with E-state index in [4.69, 9.17) is 11.6 Å². The topological polar surface area (TPSA) is 32.7 Å². The fraction of sp³-hybridized carbons (Fsp3) is 0.0435. The molecule has 4 rings (SSSR count). The van der Waals surface area contributed by atoms with Crippen LogP contribution in [0.5, 0.6) is 0 Å². The van der Waals surface area contributed by atoms with Gasteiger partial charge < -0.3 is 0 Å². The molecule has 1 aliphatic heterocycles. The molecule has 0 radical (unpaired) electrons. The maximum absolute atomic E-state index is 14.2. The predicted octanol–water partition coefficient (Wildman–Crippen LogP) is 6.30. The summed E-state index contributed by atoms with van der Waals surface area (Å²) in [6.07, 6.45) is 1.68. The lowest BCUT2D eigenvalue weighted by molar-refractivity contribution is -0.113. The van der Waals surface area contributed by atoms with Crippen LogP contribution in [0.3, 0.4) is 0 Å². The average molecular weight is 441 g/mol. The van der Waals surface area contributed by atoms with Gasteiger partial charge in [-0.1, -0.05) is 59.8 Å². The second-order valence-electron chi connectivity index (χ2n) is 6.44. The molecule has 30 heavy (non-hydrogen) atoms. The quantitative estimate of drug-likeness (QED) is 0.446. The first kappa shape index (κ1) is 20.3. The minimum atomic E-state index is -0.423. The molecule has 0 fully saturated rings. The van der Waals surface area contributed by atoms with Crippen LogP contribution in [0.25, 0.3) is 6.08 Å². The molecule has 3 aromatic rings. The van der Waals surface area contributed by atoms with Gasteiger partial charge in [0.1, 0.15) is 17.3 Å². The van der Waals surface area contributed by atoms with E-state index in [2.05, 4.69) is 4.99 Å². The number of thioether (sulfide) groups is 1.